The van der Waals surface area contributed by atoms with Gasteiger partial charge in [-0.2, -0.15) is 5.10 Å². The number of nitrogens with zero attached hydrogens (tertiary/aromatic N) is 5. The van der Waals surface area contributed by atoms with Gasteiger partial charge in [0.2, 0.25) is 5.78 Å². The molecule has 32 heavy (non-hydrogen) atoms. The highest BCUT2D eigenvalue weighted by Gasteiger charge is 2.34. The minimum absolute atomic E-state index is 0.0987. The van der Waals surface area contributed by atoms with Crippen LogP contribution in [0.2, 0.25) is 0 Å². The number of imidazole rings is 1. The van der Waals surface area contributed by atoms with Gasteiger partial charge in [0.1, 0.15) is 5.82 Å². The first-order valence-electron chi connectivity index (χ1n) is 10.5. The van der Waals surface area contributed by atoms with Gasteiger partial charge in [-0.1, -0.05) is 18.2 Å². The van der Waals surface area contributed by atoms with Crippen molar-refractivity contribution >= 4 is 22.6 Å². The van der Waals surface area contributed by atoms with Gasteiger partial charge < -0.3 is 4.90 Å². The number of aromatic amines is 1. The third-order valence-corrected chi connectivity index (χ3v) is 6.10. The van der Waals surface area contributed by atoms with E-state index in [0.29, 0.717) is 18.0 Å². The minimum atomic E-state index is -0.292. The van der Waals surface area contributed by atoms with Crippen molar-refractivity contribution in [3.8, 4) is 11.3 Å². The number of benzene rings is 2. The van der Waals surface area contributed by atoms with Gasteiger partial charge in [0.05, 0.1) is 29.1 Å². The maximum atomic E-state index is 13.5. The summed E-state index contributed by atoms with van der Waals surface area (Å²) >= 11 is 0. The van der Waals surface area contributed by atoms with Gasteiger partial charge in [0.15, 0.2) is 5.69 Å². The number of carbonyl (C=O) groups is 1. The summed E-state index contributed by atoms with van der Waals surface area (Å²) in [5, 5.41) is 8.08. The zero-order chi connectivity index (χ0) is 21.7. The molecule has 3 aromatic heterocycles. The van der Waals surface area contributed by atoms with Crippen LogP contribution in [-0.4, -0.2) is 41.9 Å². The number of carbonyl (C=O) groups excluding carboxylic acids is 1. The van der Waals surface area contributed by atoms with E-state index in [0.717, 1.165) is 40.7 Å². The lowest BCUT2D eigenvalue weighted by Gasteiger charge is -2.25. The number of hydrogen-bond donors (Lipinski definition) is 1. The van der Waals surface area contributed by atoms with E-state index in [4.69, 9.17) is 0 Å². The quantitative estimate of drug-likeness (QED) is 0.464. The average Bonchev–Trinajstić information content (AvgIpc) is 3.57. The van der Waals surface area contributed by atoms with Crippen molar-refractivity contribution in [1.82, 2.24) is 29.5 Å². The standard InChI is InChI=1S/C24H19FN6O/c25-16-9-7-15(8-10-16)21-14-27-24-26-12-11-20(31(21)24)19-6-3-13-30(19)23(32)22-17-4-1-2-5-18(17)28-29-22/h1-2,4-5,7-12,14,19H,3,6,13H2,(H,28,29). The number of hydrogen-bond acceptors (Lipinski definition) is 4. The molecule has 0 aliphatic carbocycles. The van der Waals surface area contributed by atoms with Crippen molar-refractivity contribution in [2.75, 3.05) is 6.54 Å². The summed E-state index contributed by atoms with van der Waals surface area (Å²) in [4.78, 5) is 24.3. The summed E-state index contributed by atoms with van der Waals surface area (Å²) in [6, 6.07) is 15.7. The summed E-state index contributed by atoms with van der Waals surface area (Å²) < 4.78 is 15.4. The van der Waals surface area contributed by atoms with Gasteiger partial charge in [-0.25, -0.2) is 14.4 Å². The van der Waals surface area contributed by atoms with E-state index >= 15 is 0 Å². The Morgan fingerprint density at radius 2 is 1.91 bits per heavy atom. The van der Waals surface area contributed by atoms with Crippen LogP contribution in [0.15, 0.2) is 67.0 Å². The Morgan fingerprint density at radius 3 is 2.78 bits per heavy atom. The number of halogens is 1. The van der Waals surface area contributed by atoms with E-state index in [-0.39, 0.29) is 17.8 Å². The highest BCUT2D eigenvalue weighted by molar-refractivity contribution is 6.04. The molecule has 0 radical (unpaired) electrons. The second-order valence-corrected chi connectivity index (χ2v) is 7.93. The maximum absolute atomic E-state index is 13.5. The van der Waals surface area contributed by atoms with E-state index < -0.39 is 0 Å². The van der Waals surface area contributed by atoms with E-state index in [9.17, 15) is 9.18 Å². The number of fused-ring (bicyclic) bond motifs is 2. The van der Waals surface area contributed by atoms with Crippen LogP contribution >= 0.6 is 0 Å². The number of nitrogens with one attached hydrogen (secondary N) is 1. The van der Waals surface area contributed by atoms with E-state index in [1.807, 2.05) is 39.6 Å². The number of H-pyrrole nitrogens is 1. The molecule has 5 aromatic rings. The van der Waals surface area contributed by atoms with Crippen molar-refractivity contribution in [3.05, 3.63) is 84.2 Å². The van der Waals surface area contributed by atoms with Crippen molar-refractivity contribution in [3.63, 3.8) is 0 Å². The number of para-hydroxylation sites is 1. The predicted molar refractivity (Wildman–Crippen MR) is 117 cm³/mol. The number of rotatable bonds is 3. The van der Waals surface area contributed by atoms with Gasteiger partial charge in [-0.05, 0) is 49.2 Å². The molecule has 8 heteroatoms. The van der Waals surface area contributed by atoms with Gasteiger partial charge >= 0.3 is 0 Å². The Kier molecular flexibility index (Phi) is 4.24. The highest BCUT2D eigenvalue weighted by atomic mass is 19.1. The molecule has 7 nitrogen and oxygen atoms in total. The highest BCUT2D eigenvalue weighted by Crippen LogP contribution is 2.35. The molecule has 1 amide bonds. The van der Waals surface area contributed by atoms with E-state index in [1.165, 1.54) is 12.1 Å². The molecule has 0 spiro atoms. The van der Waals surface area contributed by atoms with Gasteiger partial charge in [0, 0.05) is 23.7 Å². The molecular formula is C24H19FN6O. The maximum Gasteiger partial charge on any atom is 0.275 e. The van der Waals surface area contributed by atoms with E-state index in [1.54, 1.807) is 24.5 Å². The van der Waals surface area contributed by atoms with Crippen LogP contribution in [-0.2, 0) is 0 Å². The van der Waals surface area contributed by atoms with Crippen LogP contribution in [0.4, 0.5) is 4.39 Å². The summed E-state index contributed by atoms with van der Waals surface area (Å²) in [5.74, 6) is 0.157. The Bertz CT molecular complexity index is 1450. The fourth-order valence-corrected chi connectivity index (χ4v) is 4.61. The van der Waals surface area contributed by atoms with Crippen molar-refractivity contribution < 1.29 is 9.18 Å². The first-order chi connectivity index (χ1) is 15.7. The minimum Gasteiger partial charge on any atom is -0.329 e. The Balaban J connectivity index is 1.45. The molecular weight excluding hydrogens is 407 g/mol. The summed E-state index contributed by atoms with van der Waals surface area (Å²) in [5.41, 5.74) is 3.85. The molecule has 1 unspecified atom stereocenters. The molecule has 6 rings (SSSR count). The summed E-state index contributed by atoms with van der Waals surface area (Å²) in [6.07, 6.45) is 5.18. The Labute approximate surface area is 182 Å². The van der Waals surface area contributed by atoms with Gasteiger partial charge in [-0.15, -0.1) is 0 Å². The third-order valence-electron chi connectivity index (χ3n) is 6.10. The van der Waals surface area contributed by atoms with E-state index in [2.05, 4.69) is 20.2 Å². The number of amides is 1. The number of aromatic nitrogens is 5. The zero-order valence-corrected chi connectivity index (χ0v) is 17.1. The molecule has 1 aliphatic rings. The second kappa shape index (κ2) is 7.26. The second-order valence-electron chi connectivity index (χ2n) is 7.93. The van der Waals surface area contributed by atoms with Crippen LogP contribution in [0.3, 0.4) is 0 Å². The first-order valence-corrected chi connectivity index (χ1v) is 10.5. The molecule has 1 N–H and O–H groups in total. The molecule has 0 saturated carbocycles. The third kappa shape index (κ3) is 2.87. The van der Waals surface area contributed by atoms with Crippen molar-refractivity contribution in [2.24, 2.45) is 0 Å². The SMILES string of the molecule is O=C(c1n[nH]c2ccccc12)N1CCCC1c1ccnc2ncc(-c3ccc(F)cc3)n12. The largest absolute Gasteiger partial charge is 0.329 e. The Morgan fingerprint density at radius 1 is 1.06 bits per heavy atom. The fourth-order valence-electron chi connectivity index (χ4n) is 4.61. The van der Waals surface area contributed by atoms with Crippen molar-refractivity contribution in [2.45, 2.75) is 18.9 Å². The smallest absolute Gasteiger partial charge is 0.275 e. The molecule has 1 atom stereocenters. The Hall–Kier alpha value is -4.07. The van der Waals surface area contributed by atoms with Crippen molar-refractivity contribution in [1.29, 1.82) is 0 Å². The molecule has 0 bridgehead atoms. The van der Waals surface area contributed by atoms with Crippen LogP contribution in [0.25, 0.3) is 27.9 Å². The lowest BCUT2D eigenvalue weighted by molar-refractivity contribution is 0.0728. The fraction of sp³-hybridized carbons (Fsp3) is 0.167. The predicted octanol–water partition coefficient (Wildman–Crippen LogP) is 4.39. The lowest BCUT2D eigenvalue weighted by atomic mass is 10.1. The molecule has 1 fully saturated rings. The van der Waals surface area contributed by atoms with Crippen LogP contribution < -0.4 is 0 Å². The molecule has 158 valence electrons. The van der Waals surface area contributed by atoms with Gasteiger partial charge in [-0.3, -0.25) is 14.3 Å². The number of likely N-dealkylation sites (tertiary alicyclic amines) is 1. The summed E-state index contributed by atoms with van der Waals surface area (Å²) in [7, 11) is 0. The summed E-state index contributed by atoms with van der Waals surface area (Å²) in [6.45, 7) is 0.648. The molecule has 2 aromatic carbocycles. The zero-order valence-electron chi connectivity index (χ0n) is 17.1. The first kappa shape index (κ1) is 18.7. The average molecular weight is 426 g/mol. The molecule has 1 aliphatic heterocycles. The van der Waals surface area contributed by atoms with Crippen LogP contribution in [0, 0.1) is 5.82 Å². The normalized spacial score (nSPS) is 16.3. The molecule has 1 saturated heterocycles. The van der Waals surface area contributed by atoms with Crippen LogP contribution in [0.1, 0.15) is 35.1 Å². The lowest BCUT2D eigenvalue weighted by Crippen LogP contribution is -2.32. The van der Waals surface area contributed by atoms with Gasteiger partial charge in [0.25, 0.3) is 5.91 Å². The topological polar surface area (TPSA) is 79.2 Å². The van der Waals surface area contributed by atoms with Crippen LogP contribution in [0.5, 0.6) is 0 Å². The molecule has 4 heterocycles. The monoisotopic (exact) mass is 426 g/mol.